The molecule has 0 saturated carbocycles. The molecule has 1 aromatic heterocycles. The van der Waals surface area contributed by atoms with E-state index in [0.717, 1.165) is 12.0 Å². The zero-order valence-corrected chi connectivity index (χ0v) is 14.5. The first kappa shape index (κ1) is 17.2. The Bertz CT molecular complexity index is 764. The van der Waals surface area contributed by atoms with Crippen LogP contribution in [0.4, 0.5) is 0 Å². The molecule has 2 aromatic rings. The first-order chi connectivity index (χ1) is 12.1. The van der Waals surface area contributed by atoms with Gasteiger partial charge in [-0.15, -0.1) is 0 Å². The van der Waals surface area contributed by atoms with Crippen LogP contribution < -0.4 is 9.47 Å². The summed E-state index contributed by atoms with van der Waals surface area (Å²) in [6, 6.07) is 7.31. The second-order valence-electron chi connectivity index (χ2n) is 5.60. The summed E-state index contributed by atoms with van der Waals surface area (Å²) in [5, 5.41) is 0.670. The number of carbonyl (C=O) groups excluding carboxylic acids is 1. The van der Waals surface area contributed by atoms with Crippen molar-refractivity contribution in [3.8, 4) is 11.8 Å². The molecule has 1 aliphatic rings. The summed E-state index contributed by atoms with van der Waals surface area (Å²) < 4.78 is 10.8. The minimum atomic E-state index is -0.103. The fraction of sp³-hybridized carbons (Fsp3) is 0.278. The predicted octanol–water partition coefficient (Wildman–Crippen LogP) is 2.83. The van der Waals surface area contributed by atoms with E-state index >= 15 is 0 Å². The number of halogens is 1. The van der Waals surface area contributed by atoms with Gasteiger partial charge in [-0.25, -0.2) is 0 Å². The quantitative estimate of drug-likeness (QED) is 0.768. The van der Waals surface area contributed by atoms with Gasteiger partial charge < -0.3 is 14.4 Å². The Balaban J connectivity index is 1.54. The number of methoxy groups -OCH3 is 1. The van der Waals surface area contributed by atoms with Gasteiger partial charge in [0.2, 0.25) is 17.7 Å². The van der Waals surface area contributed by atoms with Crippen LogP contribution in [0.1, 0.15) is 12.0 Å². The van der Waals surface area contributed by atoms with Gasteiger partial charge in [0.15, 0.2) is 0 Å². The van der Waals surface area contributed by atoms with Crippen LogP contribution in [0.25, 0.3) is 6.08 Å². The highest BCUT2D eigenvalue weighted by molar-refractivity contribution is 6.30. The molecular weight excluding hydrogens is 342 g/mol. The van der Waals surface area contributed by atoms with Gasteiger partial charge >= 0.3 is 0 Å². The van der Waals surface area contributed by atoms with Gasteiger partial charge in [-0.3, -0.25) is 9.78 Å². The number of benzene rings is 1. The predicted molar refractivity (Wildman–Crippen MR) is 94.7 cm³/mol. The summed E-state index contributed by atoms with van der Waals surface area (Å²) in [6.07, 6.45) is 7.04. The van der Waals surface area contributed by atoms with Gasteiger partial charge in [0.05, 0.1) is 26.0 Å². The van der Waals surface area contributed by atoms with Gasteiger partial charge in [0.25, 0.3) is 0 Å². The van der Waals surface area contributed by atoms with Gasteiger partial charge in [0, 0.05) is 24.1 Å². The first-order valence-electron chi connectivity index (χ1n) is 7.89. The van der Waals surface area contributed by atoms with Gasteiger partial charge in [-0.05, 0) is 23.8 Å². The van der Waals surface area contributed by atoms with Crippen LogP contribution in [0.3, 0.4) is 0 Å². The topological polar surface area (TPSA) is 64.6 Å². The SMILES string of the molecule is COc1cncc(OC2CCN(C(=O)/C=C/c3ccc(Cl)cc3)C2)n1. The number of carbonyl (C=O) groups is 1. The molecule has 130 valence electrons. The highest BCUT2D eigenvalue weighted by Crippen LogP contribution is 2.18. The average molecular weight is 360 g/mol. The van der Waals surface area contributed by atoms with Crippen LogP contribution in [0.5, 0.6) is 11.8 Å². The van der Waals surface area contributed by atoms with Crippen LogP contribution in [0, 0.1) is 0 Å². The van der Waals surface area contributed by atoms with E-state index in [1.807, 2.05) is 12.1 Å². The van der Waals surface area contributed by atoms with E-state index < -0.39 is 0 Å². The van der Waals surface area contributed by atoms with Crippen LogP contribution in [-0.4, -0.2) is 47.1 Å². The summed E-state index contributed by atoms with van der Waals surface area (Å²) in [5.74, 6) is 0.752. The van der Waals surface area contributed by atoms with Crippen molar-refractivity contribution in [1.82, 2.24) is 14.9 Å². The molecular formula is C18H18ClN3O3. The molecule has 7 heteroatoms. The average Bonchev–Trinajstić information content (AvgIpc) is 3.09. The summed E-state index contributed by atoms with van der Waals surface area (Å²) in [7, 11) is 1.52. The molecule has 0 aliphatic carbocycles. The van der Waals surface area contributed by atoms with Crippen LogP contribution in [0.15, 0.2) is 42.7 Å². The molecule has 1 fully saturated rings. The standard InChI is InChI=1S/C18H18ClN3O3/c1-24-16-10-20-11-17(21-16)25-15-8-9-22(12-15)18(23)7-4-13-2-5-14(19)6-3-13/h2-7,10-11,15H,8-9,12H2,1H3/b7-4+. The number of nitrogens with zero attached hydrogens (tertiary/aromatic N) is 3. The molecule has 25 heavy (non-hydrogen) atoms. The summed E-state index contributed by atoms with van der Waals surface area (Å²) in [5.41, 5.74) is 0.927. The zero-order chi connectivity index (χ0) is 17.6. The molecule has 1 aliphatic heterocycles. The molecule has 1 saturated heterocycles. The molecule has 2 heterocycles. The monoisotopic (exact) mass is 359 g/mol. The van der Waals surface area contributed by atoms with Crippen molar-refractivity contribution in [2.24, 2.45) is 0 Å². The van der Waals surface area contributed by atoms with E-state index in [-0.39, 0.29) is 12.0 Å². The van der Waals surface area contributed by atoms with Gasteiger partial charge in [-0.1, -0.05) is 23.7 Å². The Morgan fingerprint density at radius 2 is 2.04 bits per heavy atom. The van der Waals surface area contributed by atoms with Crippen LogP contribution in [0.2, 0.25) is 5.02 Å². The van der Waals surface area contributed by atoms with Crippen molar-refractivity contribution in [3.05, 3.63) is 53.3 Å². The molecule has 1 atom stereocenters. The van der Waals surface area contributed by atoms with E-state index in [9.17, 15) is 4.79 Å². The Kier molecular flexibility index (Phi) is 5.50. The number of hydrogen-bond donors (Lipinski definition) is 0. The lowest BCUT2D eigenvalue weighted by Gasteiger charge is -2.15. The Morgan fingerprint density at radius 1 is 1.28 bits per heavy atom. The van der Waals surface area contributed by atoms with E-state index in [1.165, 1.54) is 19.5 Å². The molecule has 0 bridgehead atoms. The minimum Gasteiger partial charge on any atom is -0.480 e. The maximum absolute atomic E-state index is 12.3. The molecule has 6 nitrogen and oxygen atoms in total. The number of hydrogen-bond acceptors (Lipinski definition) is 5. The highest BCUT2D eigenvalue weighted by atomic mass is 35.5. The number of amides is 1. The molecule has 1 aromatic carbocycles. The van der Waals surface area contributed by atoms with E-state index in [1.54, 1.807) is 29.2 Å². The third-order valence-corrected chi connectivity index (χ3v) is 4.08. The number of ether oxygens (including phenoxy) is 2. The second kappa shape index (κ2) is 7.98. The third-order valence-electron chi connectivity index (χ3n) is 3.83. The molecule has 1 unspecified atom stereocenters. The summed E-state index contributed by atoms with van der Waals surface area (Å²) in [6.45, 7) is 1.16. The molecule has 0 spiro atoms. The maximum Gasteiger partial charge on any atom is 0.246 e. The van der Waals surface area contributed by atoms with Crippen molar-refractivity contribution in [2.45, 2.75) is 12.5 Å². The fourth-order valence-corrected chi connectivity index (χ4v) is 2.65. The highest BCUT2D eigenvalue weighted by Gasteiger charge is 2.26. The van der Waals surface area contributed by atoms with E-state index in [0.29, 0.717) is 29.9 Å². The largest absolute Gasteiger partial charge is 0.480 e. The van der Waals surface area contributed by atoms with Crippen LogP contribution in [-0.2, 0) is 4.79 Å². The molecule has 0 radical (unpaired) electrons. The van der Waals surface area contributed by atoms with Crippen molar-refractivity contribution >= 4 is 23.6 Å². The van der Waals surface area contributed by atoms with Crippen LogP contribution >= 0.6 is 11.6 Å². The summed E-state index contributed by atoms with van der Waals surface area (Å²) in [4.78, 5) is 22.2. The Labute approximate surface area is 151 Å². The van der Waals surface area contributed by atoms with Gasteiger partial charge in [0.1, 0.15) is 6.10 Å². The molecule has 0 N–H and O–H groups in total. The van der Waals surface area contributed by atoms with Crippen molar-refractivity contribution in [1.29, 1.82) is 0 Å². The zero-order valence-electron chi connectivity index (χ0n) is 13.8. The van der Waals surface area contributed by atoms with Crippen molar-refractivity contribution in [3.63, 3.8) is 0 Å². The van der Waals surface area contributed by atoms with E-state index in [4.69, 9.17) is 21.1 Å². The first-order valence-corrected chi connectivity index (χ1v) is 8.27. The lowest BCUT2D eigenvalue weighted by atomic mass is 10.2. The molecule has 3 rings (SSSR count). The normalized spacial score (nSPS) is 17.0. The Hall–Kier alpha value is -2.60. The summed E-state index contributed by atoms with van der Waals surface area (Å²) >= 11 is 5.85. The van der Waals surface area contributed by atoms with Crippen molar-refractivity contribution < 1.29 is 14.3 Å². The van der Waals surface area contributed by atoms with Crippen molar-refractivity contribution in [2.75, 3.05) is 20.2 Å². The minimum absolute atomic E-state index is 0.0437. The fourth-order valence-electron chi connectivity index (χ4n) is 2.53. The smallest absolute Gasteiger partial charge is 0.246 e. The second-order valence-corrected chi connectivity index (χ2v) is 6.03. The number of likely N-dealkylation sites (tertiary alicyclic amines) is 1. The number of aromatic nitrogens is 2. The lowest BCUT2D eigenvalue weighted by molar-refractivity contribution is -0.125. The van der Waals surface area contributed by atoms with E-state index in [2.05, 4.69) is 9.97 Å². The maximum atomic E-state index is 12.3. The Morgan fingerprint density at radius 3 is 2.80 bits per heavy atom. The lowest BCUT2D eigenvalue weighted by Crippen LogP contribution is -2.29. The van der Waals surface area contributed by atoms with Gasteiger partial charge in [-0.2, -0.15) is 4.98 Å². The third kappa shape index (κ3) is 4.70. The number of rotatable bonds is 5. The molecule has 1 amide bonds.